The second-order valence-electron chi connectivity index (χ2n) is 6.57. The Bertz CT molecular complexity index is 977. The van der Waals surface area contributed by atoms with Crippen LogP contribution < -0.4 is 5.32 Å². The SMILES string of the molecule is Cc1ccc2nc(CN[C@H](Cc3ccccn3)c3ccccc3)cn2c1. The Hall–Kier alpha value is -2.98. The summed E-state index contributed by atoms with van der Waals surface area (Å²) in [6.45, 7) is 2.81. The van der Waals surface area contributed by atoms with Crippen molar-refractivity contribution in [1.29, 1.82) is 0 Å². The van der Waals surface area contributed by atoms with Crippen LogP contribution in [0, 0.1) is 6.92 Å². The van der Waals surface area contributed by atoms with Crippen molar-refractivity contribution >= 4 is 5.65 Å². The van der Waals surface area contributed by atoms with Gasteiger partial charge in [0.2, 0.25) is 0 Å². The van der Waals surface area contributed by atoms with Crippen molar-refractivity contribution in [3.63, 3.8) is 0 Å². The Kier molecular flexibility index (Phi) is 4.75. The molecule has 0 saturated carbocycles. The number of nitrogens with zero attached hydrogens (tertiary/aromatic N) is 3. The van der Waals surface area contributed by atoms with Gasteiger partial charge in [0.15, 0.2) is 0 Å². The molecule has 0 radical (unpaired) electrons. The average Bonchev–Trinajstić information content (AvgIpc) is 3.08. The maximum Gasteiger partial charge on any atom is 0.137 e. The van der Waals surface area contributed by atoms with Crippen molar-refractivity contribution in [2.75, 3.05) is 0 Å². The van der Waals surface area contributed by atoms with Gasteiger partial charge in [0.25, 0.3) is 0 Å². The Morgan fingerprint density at radius 2 is 1.77 bits per heavy atom. The summed E-state index contributed by atoms with van der Waals surface area (Å²) in [6.07, 6.45) is 6.89. The predicted octanol–water partition coefficient (Wildman–Crippen LogP) is 4.11. The number of pyridine rings is 2. The van der Waals surface area contributed by atoms with Crippen LogP contribution in [-0.4, -0.2) is 14.4 Å². The molecule has 0 aliphatic heterocycles. The molecule has 4 nitrogen and oxygen atoms in total. The van der Waals surface area contributed by atoms with E-state index in [1.807, 2.05) is 24.4 Å². The summed E-state index contributed by atoms with van der Waals surface area (Å²) in [6, 6.07) is 20.9. The van der Waals surface area contributed by atoms with Gasteiger partial charge in [-0.3, -0.25) is 4.98 Å². The Labute approximate surface area is 153 Å². The number of hydrogen-bond acceptors (Lipinski definition) is 3. The number of benzene rings is 1. The second kappa shape index (κ2) is 7.50. The van der Waals surface area contributed by atoms with Crippen molar-refractivity contribution in [3.8, 4) is 0 Å². The highest BCUT2D eigenvalue weighted by Gasteiger charge is 2.13. The van der Waals surface area contributed by atoms with Gasteiger partial charge in [-0.2, -0.15) is 0 Å². The highest BCUT2D eigenvalue weighted by molar-refractivity contribution is 5.41. The van der Waals surface area contributed by atoms with Crippen LogP contribution in [0.1, 0.15) is 28.6 Å². The molecule has 0 aliphatic rings. The van der Waals surface area contributed by atoms with Gasteiger partial charge in [-0.25, -0.2) is 4.98 Å². The highest BCUT2D eigenvalue weighted by Crippen LogP contribution is 2.18. The fourth-order valence-corrected chi connectivity index (χ4v) is 3.19. The first-order chi connectivity index (χ1) is 12.8. The number of hydrogen-bond donors (Lipinski definition) is 1. The third-order valence-corrected chi connectivity index (χ3v) is 4.52. The van der Waals surface area contributed by atoms with E-state index in [0.717, 1.165) is 23.5 Å². The predicted molar refractivity (Wildman–Crippen MR) is 104 cm³/mol. The van der Waals surface area contributed by atoms with Crippen LogP contribution in [0.2, 0.25) is 0 Å². The molecule has 4 aromatic rings. The van der Waals surface area contributed by atoms with Gasteiger partial charge in [0.1, 0.15) is 5.65 Å². The number of nitrogens with one attached hydrogen (secondary N) is 1. The first-order valence-electron chi connectivity index (χ1n) is 8.90. The lowest BCUT2D eigenvalue weighted by Gasteiger charge is -2.18. The topological polar surface area (TPSA) is 42.2 Å². The van der Waals surface area contributed by atoms with E-state index in [1.165, 1.54) is 11.1 Å². The van der Waals surface area contributed by atoms with E-state index < -0.39 is 0 Å². The molecule has 4 rings (SSSR count). The van der Waals surface area contributed by atoms with E-state index in [-0.39, 0.29) is 6.04 Å². The van der Waals surface area contributed by atoms with Crippen molar-refractivity contribution in [2.45, 2.75) is 25.9 Å². The number of aromatic nitrogens is 3. The van der Waals surface area contributed by atoms with Crippen LogP contribution in [0.3, 0.4) is 0 Å². The number of imidazole rings is 1. The number of aryl methyl sites for hydroxylation is 1. The smallest absolute Gasteiger partial charge is 0.137 e. The van der Waals surface area contributed by atoms with Gasteiger partial charge in [-0.1, -0.05) is 42.5 Å². The zero-order chi connectivity index (χ0) is 17.8. The Morgan fingerprint density at radius 1 is 0.923 bits per heavy atom. The summed E-state index contributed by atoms with van der Waals surface area (Å²) in [4.78, 5) is 9.20. The first-order valence-corrected chi connectivity index (χ1v) is 8.90. The number of rotatable bonds is 6. The fraction of sp³-hybridized carbons (Fsp3) is 0.182. The summed E-state index contributed by atoms with van der Waals surface area (Å²) >= 11 is 0. The normalized spacial score (nSPS) is 12.3. The molecule has 0 aliphatic carbocycles. The minimum atomic E-state index is 0.192. The lowest BCUT2D eigenvalue weighted by molar-refractivity contribution is 0.521. The molecular formula is C22H22N4. The summed E-state index contributed by atoms with van der Waals surface area (Å²) < 4.78 is 2.09. The molecule has 1 atom stereocenters. The van der Waals surface area contributed by atoms with Crippen molar-refractivity contribution in [2.24, 2.45) is 0 Å². The van der Waals surface area contributed by atoms with Gasteiger partial charge in [0.05, 0.1) is 5.69 Å². The molecule has 0 amide bonds. The first kappa shape index (κ1) is 16.5. The van der Waals surface area contributed by atoms with E-state index in [2.05, 4.69) is 76.5 Å². The maximum absolute atomic E-state index is 4.71. The maximum atomic E-state index is 4.71. The molecule has 130 valence electrons. The molecule has 3 aromatic heterocycles. The number of fused-ring (bicyclic) bond motifs is 1. The lowest BCUT2D eigenvalue weighted by Crippen LogP contribution is -2.23. The van der Waals surface area contributed by atoms with E-state index >= 15 is 0 Å². The monoisotopic (exact) mass is 342 g/mol. The van der Waals surface area contributed by atoms with Gasteiger partial charge in [0, 0.05) is 43.3 Å². The largest absolute Gasteiger partial charge is 0.307 e. The van der Waals surface area contributed by atoms with Crippen molar-refractivity contribution in [1.82, 2.24) is 19.7 Å². The third-order valence-electron chi connectivity index (χ3n) is 4.52. The Balaban J connectivity index is 1.53. The van der Waals surface area contributed by atoms with Gasteiger partial charge < -0.3 is 9.72 Å². The molecule has 4 heteroatoms. The molecule has 0 unspecified atom stereocenters. The average molecular weight is 342 g/mol. The van der Waals surface area contributed by atoms with Crippen molar-refractivity contribution in [3.05, 3.63) is 102 Å². The van der Waals surface area contributed by atoms with E-state index in [0.29, 0.717) is 6.54 Å². The van der Waals surface area contributed by atoms with E-state index in [1.54, 1.807) is 0 Å². The molecule has 1 aromatic carbocycles. The van der Waals surface area contributed by atoms with Crippen molar-refractivity contribution < 1.29 is 0 Å². The Morgan fingerprint density at radius 3 is 2.58 bits per heavy atom. The molecule has 0 fully saturated rings. The molecule has 3 heterocycles. The molecule has 0 bridgehead atoms. The fourth-order valence-electron chi connectivity index (χ4n) is 3.19. The van der Waals surface area contributed by atoms with Gasteiger partial charge in [-0.05, 0) is 36.2 Å². The quantitative estimate of drug-likeness (QED) is 0.573. The van der Waals surface area contributed by atoms with Crippen LogP contribution in [0.4, 0.5) is 0 Å². The van der Waals surface area contributed by atoms with Crippen LogP contribution in [0.25, 0.3) is 5.65 Å². The van der Waals surface area contributed by atoms with E-state index in [4.69, 9.17) is 4.98 Å². The third kappa shape index (κ3) is 3.81. The zero-order valence-corrected chi connectivity index (χ0v) is 14.8. The summed E-state index contributed by atoms with van der Waals surface area (Å²) in [5.41, 5.74) is 5.59. The van der Waals surface area contributed by atoms with E-state index in [9.17, 15) is 0 Å². The summed E-state index contributed by atoms with van der Waals surface area (Å²) in [7, 11) is 0. The molecule has 1 N–H and O–H groups in total. The standard InChI is InChI=1S/C22H22N4/c1-17-10-11-22-25-20(16-26(22)15-17)14-24-21(18-7-3-2-4-8-18)13-19-9-5-6-12-23-19/h2-12,15-16,21,24H,13-14H2,1H3/t21-/m1/s1. The zero-order valence-electron chi connectivity index (χ0n) is 14.8. The van der Waals surface area contributed by atoms with Crippen LogP contribution in [-0.2, 0) is 13.0 Å². The lowest BCUT2D eigenvalue weighted by atomic mass is 10.0. The second-order valence-corrected chi connectivity index (χ2v) is 6.57. The van der Waals surface area contributed by atoms with Crippen LogP contribution >= 0.6 is 0 Å². The van der Waals surface area contributed by atoms with Crippen LogP contribution in [0.15, 0.2) is 79.3 Å². The van der Waals surface area contributed by atoms with Crippen LogP contribution in [0.5, 0.6) is 0 Å². The minimum Gasteiger partial charge on any atom is -0.307 e. The summed E-state index contributed by atoms with van der Waals surface area (Å²) in [5.74, 6) is 0. The highest BCUT2D eigenvalue weighted by atomic mass is 15.0. The molecule has 0 saturated heterocycles. The summed E-state index contributed by atoms with van der Waals surface area (Å²) in [5, 5.41) is 3.66. The molecule has 26 heavy (non-hydrogen) atoms. The molecular weight excluding hydrogens is 320 g/mol. The van der Waals surface area contributed by atoms with Gasteiger partial charge in [-0.15, -0.1) is 0 Å². The molecule has 0 spiro atoms. The van der Waals surface area contributed by atoms with Gasteiger partial charge >= 0.3 is 0 Å². The minimum absolute atomic E-state index is 0.192.